The number of carbonyl (C=O) groups is 2. The Kier molecular flexibility index (Phi) is 4.47. The fourth-order valence-corrected chi connectivity index (χ4v) is 4.83. The molecule has 2 fully saturated rings. The zero-order valence-corrected chi connectivity index (χ0v) is 15.4. The first-order valence-corrected chi connectivity index (χ1v) is 10.4. The summed E-state index contributed by atoms with van der Waals surface area (Å²) in [4.78, 5) is 26.8. The Balaban J connectivity index is 1.70. The molecular formula is C20H19NO5S. The Hall–Kier alpha value is -2.67. The second kappa shape index (κ2) is 6.81. The van der Waals surface area contributed by atoms with E-state index in [0.29, 0.717) is 12.8 Å². The average molecular weight is 385 g/mol. The molecule has 27 heavy (non-hydrogen) atoms. The van der Waals surface area contributed by atoms with E-state index in [2.05, 4.69) is 0 Å². The van der Waals surface area contributed by atoms with E-state index in [-0.39, 0.29) is 40.0 Å². The van der Waals surface area contributed by atoms with Crippen molar-refractivity contribution in [1.29, 1.82) is 0 Å². The summed E-state index contributed by atoms with van der Waals surface area (Å²) in [5.41, 5.74) is 0.182. The van der Waals surface area contributed by atoms with Gasteiger partial charge >= 0.3 is 10.1 Å². The molecule has 1 saturated heterocycles. The third-order valence-corrected chi connectivity index (χ3v) is 6.43. The van der Waals surface area contributed by atoms with Gasteiger partial charge in [0.1, 0.15) is 4.90 Å². The average Bonchev–Trinajstić information content (AvgIpc) is 2.94. The van der Waals surface area contributed by atoms with E-state index in [1.165, 1.54) is 18.2 Å². The van der Waals surface area contributed by atoms with Crippen LogP contribution in [0.3, 0.4) is 0 Å². The molecule has 6 nitrogen and oxygen atoms in total. The van der Waals surface area contributed by atoms with Gasteiger partial charge in [-0.1, -0.05) is 43.2 Å². The van der Waals surface area contributed by atoms with E-state index >= 15 is 0 Å². The predicted molar refractivity (Wildman–Crippen MR) is 98.6 cm³/mol. The Bertz CT molecular complexity index is 962. The molecule has 0 N–H and O–H groups in total. The summed E-state index contributed by atoms with van der Waals surface area (Å²) in [6.45, 7) is 0. The first kappa shape index (κ1) is 17.7. The largest absolute Gasteiger partial charge is 0.377 e. The van der Waals surface area contributed by atoms with Gasteiger partial charge in [-0.15, -0.1) is 0 Å². The van der Waals surface area contributed by atoms with Crippen molar-refractivity contribution in [2.24, 2.45) is 11.8 Å². The van der Waals surface area contributed by atoms with Crippen molar-refractivity contribution >= 4 is 27.6 Å². The molecule has 2 aromatic carbocycles. The van der Waals surface area contributed by atoms with Crippen molar-refractivity contribution in [1.82, 2.24) is 0 Å². The van der Waals surface area contributed by atoms with E-state index in [0.717, 1.165) is 17.7 Å². The van der Waals surface area contributed by atoms with Crippen molar-refractivity contribution in [2.75, 3.05) is 4.90 Å². The molecule has 1 aliphatic heterocycles. The van der Waals surface area contributed by atoms with Gasteiger partial charge in [-0.25, -0.2) is 4.90 Å². The maximum atomic E-state index is 12.8. The lowest BCUT2D eigenvalue weighted by molar-refractivity contribution is -0.122. The van der Waals surface area contributed by atoms with Crippen LogP contribution in [0, 0.1) is 11.8 Å². The van der Waals surface area contributed by atoms with Gasteiger partial charge in [0.25, 0.3) is 0 Å². The van der Waals surface area contributed by atoms with E-state index in [4.69, 9.17) is 4.18 Å². The number of rotatable bonds is 4. The van der Waals surface area contributed by atoms with Crippen LogP contribution in [0.25, 0.3) is 0 Å². The van der Waals surface area contributed by atoms with E-state index in [1.807, 2.05) is 0 Å². The number of imide groups is 1. The third-order valence-electron chi connectivity index (χ3n) is 5.18. The number of fused-ring (bicyclic) bond motifs is 1. The standard InChI is InChI=1S/C20H19NO5S/c22-19-15-10-4-5-11-16(15)20(23)21(19)17-12-6-7-13-18(17)26-27(24,25)14-8-2-1-3-9-14/h1-3,6-9,12-13,15-16H,4-5,10-11H2/t15-,16+. The highest BCUT2D eigenvalue weighted by Gasteiger charge is 2.49. The van der Waals surface area contributed by atoms with Gasteiger partial charge in [0.05, 0.1) is 17.5 Å². The summed E-state index contributed by atoms with van der Waals surface area (Å²) in [6, 6.07) is 14.0. The number of hydrogen-bond donors (Lipinski definition) is 0. The lowest BCUT2D eigenvalue weighted by Crippen LogP contribution is -2.31. The van der Waals surface area contributed by atoms with Crippen LogP contribution in [0.5, 0.6) is 5.75 Å². The molecule has 2 amide bonds. The molecule has 0 aromatic heterocycles. The monoisotopic (exact) mass is 385 g/mol. The summed E-state index contributed by atoms with van der Waals surface area (Å²) in [7, 11) is -4.08. The number of para-hydroxylation sites is 2. The van der Waals surface area contributed by atoms with Crippen LogP contribution in [0.4, 0.5) is 5.69 Å². The van der Waals surface area contributed by atoms with Gasteiger partial charge in [-0.2, -0.15) is 8.42 Å². The Morgan fingerprint density at radius 3 is 2.00 bits per heavy atom. The lowest BCUT2D eigenvalue weighted by atomic mass is 9.81. The van der Waals surface area contributed by atoms with Crippen molar-refractivity contribution < 1.29 is 22.2 Å². The fraction of sp³-hybridized carbons (Fsp3) is 0.300. The molecule has 0 unspecified atom stereocenters. The molecule has 1 heterocycles. The Morgan fingerprint density at radius 2 is 1.37 bits per heavy atom. The molecule has 0 spiro atoms. The second-order valence-electron chi connectivity index (χ2n) is 6.83. The topological polar surface area (TPSA) is 80.8 Å². The first-order chi connectivity index (χ1) is 13.0. The van der Waals surface area contributed by atoms with E-state index < -0.39 is 10.1 Å². The van der Waals surface area contributed by atoms with Crippen molar-refractivity contribution in [3.8, 4) is 5.75 Å². The lowest BCUT2D eigenvalue weighted by Gasteiger charge is -2.19. The Labute approximate surface area is 157 Å². The first-order valence-electron chi connectivity index (χ1n) is 8.95. The number of carbonyl (C=O) groups excluding carboxylic acids is 2. The van der Waals surface area contributed by atoms with Crippen LogP contribution in [0.1, 0.15) is 25.7 Å². The summed E-state index contributed by atoms with van der Waals surface area (Å²) in [5.74, 6) is -1.19. The van der Waals surface area contributed by atoms with Gasteiger partial charge in [-0.05, 0) is 37.1 Å². The van der Waals surface area contributed by atoms with Crippen LogP contribution in [0.15, 0.2) is 59.5 Å². The Morgan fingerprint density at radius 1 is 0.815 bits per heavy atom. The maximum Gasteiger partial charge on any atom is 0.339 e. The summed E-state index contributed by atoms with van der Waals surface area (Å²) < 4.78 is 30.5. The van der Waals surface area contributed by atoms with Crippen molar-refractivity contribution in [3.05, 3.63) is 54.6 Å². The van der Waals surface area contributed by atoms with Crippen LogP contribution in [0.2, 0.25) is 0 Å². The zero-order chi connectivity index (χ0) is 19.0. The molecule has 140 valence electrons. The number of benzene rings is 2. The highest BCUT2D eigenvalue weighted by Crippen LogP contribution is 2.42. The quantitative estimate of drug-likeness (QED) is 0.597. The van der Waals surface area contributed by atoms with E-state index in [9.17, 15) is 18.0 Å². The fourth-order valence-electron chi connectivity index (χ4n) is 3.87. The van der Waals surface area contributed by atoms with Crippen LogP contribution < -0.4 is 9.08 Å². The molecule has 1 saturated carbocycles. The van der Waals surface area contributed by atoms with E-state index in [1.54, 1.807) is 36.4 Å². The summed E-state index contributed by atoms with van der Waals surface area (Å²) in [6.07, 6.45) is 3.23. The number of amides is 2. The molecule has 0 bridgehead atoms. The normalized spacial score (nSPS) is 22.6. The van der Waals surface area contributed by atoms with Gasteiger partial charge in [0.2, 0.25) is 11.8 Å². The molecule has 2 atom stereocenters. The van der Waals surface area contributed by atoms with Gasteiger partial charge < -0.3 is 4.18 Å². The summed E-state index contributed by atoms with van der Waals surface area (Å²) >= 11 is 0. The van der Waals surface area contributed by atoms with Gasteiger partial charge in [0.15, 0.2) is 5.75 Å². The number of anilines is 1. The highest BCUT2D eigenvalue weighted by atomic mass is 32.2. The van der Waals surface area contributed by atoms with Gasteiger partial charge in [0, 0.05) is 0 Å². The smallest absolute Gasteiger partial charge is 0.339 e. The minimum Gasteiger partial charge on any atom is -0.377 e. The minimum atomic E-state index is -4.08. The second-order valence-corrected chi connectivity index (χ2v) is 8.37. The van der Waals surface area contributed by atoms with Crippen molar-refractivity contribution in [3.63, 3.8) is 0 Å². The molecule has 1 aliphatic carbocycles. The van der Waals surface area contributed by atoms with Gasteiger partial charge in [-0.3, -0.25) is 9.59 Å². The van der Waals surface area contributed by atoms with Crippen LogP contribution in [-0.2, 0) is 19.7 Å². The maximum absolute atomic E-state index is 12.8. The number of nitrogens with zero attached hydrogens (tertiary/aromatic N) is 1. The van der Waals surface area contributed by atoms with Crippen molar-refractivity contribution in [2.45, 2.75) is 30.6 Å². The van der Waals surface area contributed by atoms with Crippen LogP contribution >= 0.6 is 0 Å². The molecule has 4 rings (SSSR count). The zero-order valence-electron chi connectivity index (χ0n) is 14.6. The number of hydrogen-bond acceptors (Lipinski definition) is 5. The summed E-state index contributed by atoms with van der Waals surface area (Å²) in [5, 5.41) is 0. The minimum absolute atomic E-state index is 0.00699. The molecule has 7 heteroatoms. The molecule has 0 radical (unpaired) electrons. The third kappa shape index (κ3) is 3.12. The predicted octanol–water partition coefficient (Wildman–Crippen LogP) is 3.13. The highest BCUT2D eigenvalue weighted by molar-refractivity contribution is 7.87. The SMILES string of the molecule is O=C1[C@H]2CCCC[C@H]2C(=O)N1c1ccccc1OS(=O)(=O)c1ccccc1. The molecule has 2 aromatic rings. The molecular weight excluding hydrogens is 366 g/mol. The van der Waals surface area contributed by atoms with Crippen LogP contribution in [-0.4, -0.2) is 20.2 Å². The molecule has 2 aliphatic rings.